The van der Waals surface area contributed by atoms with E-state index in [1.165, 1.54) is 0 Å². The van der Waals surface area contributed by atoms with Crippen LogP contribution in [0, 0.1) is 0 Å². The predicted molar refractivity (Wildman–Crippen MR) is 139 cm³/mol. The van der Waals surface area contributed by atoms with Gasteiger partial charge in [-0.1, -0.05) is 114 Å². The van der Waals surface area contributed by atoms with E-state index in [0.717, 1.165) is 39.3 Å². The number of nitrogens with zero attached hydrogens (tertiary/aromatic N) is 3. The van der Waals surface area contributed by atoms with Gasteiger partial charge < -0.3 is 0 Å². The molecular formula is C29H30ClN3. The zero-order chi connectivity index (χ0) is 23.8. The molecule has 0 atom stereocenters. The molecule has 3 nitrogen and oxygen atoms in total. The Balaban J connectivity index is 1.74. The minimum atomic E-state index is -0.0694. The molecule has 33 heavy (non-hydrogen) atoms. The third kappa shape index (κ3) is 5.15. The Bertz CT molecular complexity index is 1270. The fourth-order valence-corrected chi connectivity index (χ4v) is 3.97. The topological polar surface area (TPSA) is 38.7 Å². The molecule has 2 aromatic heterocycles. The monoisotopic (exact) mass is 455 g/mol. The van der Waals surface area contributed by atoms with Crippen molar-refractivity contribution in [1.29, 1.82) is 0 Å². The summed E-state index contributed by atoms with van der Waals surface area (Å²) < 4.78 is 0. The van der Waals surface area contributed by atoms with Gasteiger partial charge in [-0.15, -0.1) is 0 Å². The van der Waals surface area contributed by atoms with Crippen molar-refractivity contribution in [3.05, 3.63) is 89.3 Å². The van der Waals surface area contributed by atoms with Crippen molar-refractivity contribution in [2.75, 3.05) is 0 Å². The molecule has 2 heterocycles. The summed E-state index contributed by atoms with van der Waals surface area (Å²) in [6, 6.07) is 24.5. The first-order chi connectivity index (χ1) is 15.5. The van der Waals surface area contributed by atoms with E-state index in [2.05, 4.69) is 82.9 Å². The molecule has 0 saturated carbocycles. The molecule has 0 aliphatic heterocycles. The number of aromatic nitrogens is 3. The molecule has 2 aromatic carbocycles. The van der Waals surface area contributed by atoms with Crippen LogP contribution in [0.2, 0.25) is 5.15 Å². The summed E-state index contributed by atoms with van der Waals surface area (Å²) in [5.41, 5.74) is 7.20. The molecule has 0 N–H and O–H groups in total. The van der Waals surface area contributed by atoms with Gasteiger partial charge in [-0.2, -0.15) is 0 Å². The predicted octanol–water partition coefficient (Wildman–Crippen LogP) is 8.12. The lowest BCUT2D eigenvalue weighted by atomic mass is 9.83. The third-order valence-corrected chi connectivity index (χ3v) is 5.79. The molecule has 4 heteroatoms. The van der Waals surface area contributed by atoms with Gasteiger partial charge in [-0.3, -0.25) is 4.98 Å². The Morgan fingerprint density at radius 2 is 1.24 bits per heavy atom. The van der Waals surface area contributed by atoms with E-state index in [0.29, 0.717) is 11.0 Å². The summed E-state index contributed by atoms with van der Waals surface area (Å²) in [5.74, 6) is 0.624. The van der Waals surface area contributed by atoms with E-state index >= 15 is 0 Å². The summed E-state index contributed by atoms with van der Waals surface area (Å²) in [5, 5.41) is 0.430. The standard InChI is InChI=1S/C29H30ClN3/c1-28(2,3)24-17-16-22(26(32-24)29(4,5)6)19-12-14-20(15-13-19)23-18-25(30)33-27(31-23)21-10-8-7-9-11-21/h7-18H,1-6H3. The number of pyridine rings is 1. The molecule has 4 aromatic rings. The molecule has 0 spiro atoms. The molecule has 0 saturated heterocycles. The molecule has 0 radical (unpaired) electrons. The molecule has 0 fully saturated rings. The van der Waals surface area contributed by atoms with Crippen molar-refractivity contribution < 1.29 is 0 Å². The van der Waals surface area contributed by atoms with Gasteiger partial charge in [0, 0.05) is 39.3 Å². The van der Waals surface area contributed by atoms with Crippen LogP contribution >= 0.6 is 11.6 Å². The van der Waals surface area contributed by atoms with Crippen molar-refractivity contribution in [2.45, 2.75) is 52.4 Å². The minimum absolute atomic E-state index is 0.00509. The van der Waals surface area contributed by atoms with Gasteiger partial charge in [0.1, 0.15) is 5.15 Å². The van der Waals surface area contributed by atoms with E-state index in [1.807, 2.05) is 36.4 Å². The van der Waals surface area contributed by atoms with Gasteiger partial charge in [-0.25, -0.2) is 9.97 Å². The highest BCUT2D eigenvalue weighted by molar-refractivity contribution is 6.29. The highest BCUT2D eigenvalue weighted by Gasteiger charge is 2.24. The SMILES string of the molecule is CC(C)(C)c1ccc(-c2ccc(-c3cc(Cl)nc(-c4ccccc4)n3)cc2)c(C(C)(C)C)n1. The Hall–Kier alpha value is -3.04. The quantitative estimate of drug-likeness (QED) is 0.293. The smallest absolute Gasteiger partial charge is 0.161 e. The highest BCUT2D eigenvalue weighted by Crippen LogP contribution is 2.35. The molecule has 0 aliphatic carbocycles. The molecule has 168 valence electrons. The molecule has 0 bridgehead atoms. The normalized spacial score (nSPS) is 12.1. The van der Waals surface area contributed by atoms with Crippen molar-refractivity contribution in [3.8, 4) is 33.8 Å². The molecule has 0 aliphatic rings. The highest BCUT2D eigenvalue weighted by atomic mass is 35.5. The van der Waals surface area contributed by atoms with Crippen LogP contribution in [-0.4, -0.2) is 15.0 Å². The van der Waals surface area contributed by atoms with Crippen LogP contribution in [0.15, 0.2) is 72.8 Å². The van der Waals surface area contributed by atoms with Gasteiger partial charge in [0.15, 0.2) is 5.82 Å². The first-order valence-corrected chi connectivity index (χ1v) is 11.6. The van der Waals surface area contributed by atoms with Crippen molar-refractivity contribution in [3.63, 3.8) is 0 Å². The van der Waals surface area contributed by atoms with Crippen molar-refractivity contribution in [1.82, 2.24) is 15.0 Å². The lowest BCUT2D eigenvalue weighted by Crippen LogP contribution is -2.20. The second-order valence-electron chi connectivity index (χ2n) is 10.4. The van der Waals surface area contributed by atoms with Gasteiger partial charge >= 0.3 is 0 Å². The maximum absolute atomic E-state index is 6.34. The van der Waals surface area contributed by atoms with E-state index in [-0.39, 0.29) is 10.8 Å². The average molecular weight is 456 g/mol. The van der Waals surface area contributed by atoms with Gasteiger partial charge in [-0.05, 0) is 11.6 Å². The van der Waals surface area contributed by atoms with E-state index in [4.69, 9.17) is 21.6 Å². The zero-order valence-electron chi connectivity index (χ0n) is 20.1. The van der Waals surface area contributed by atoms with E-state index < -0.39 is 0 Å². The van der Waals surface area contributed by atoms with Gasteiger partial charge in [0.25, 0.3) is 0 Å². The summed E-state index contributed by atoms with van der Waals surface area (Å²) >= 11 is 6.34. The fourth-order valence-electron chi connectivity index (χ4n) is 3.78. The Labute approximate surface area is 201 Å². The van der Waals surface area contributed by atoms with Crippen LogP contribution in [0.1, 0.15) is 52.9 Å². The summed E-state index contributed by atoms with van der Waals surface area (Å²) in [6.07, 6.45) is 0. The largest absolute Gasteiger partial charge is 0.256 e. The Morgan fingerprint density at radius 1 is 0.606 bits per heavy atom. The summed E-state index contributed by atoms with van der Waals surface area (Å²) in [7, 11) is 0. The number of hydrogen-bond acceptors (Lipinski definition) is 3. The van der Waals surface area contributed by atoms with E-state index in [1.54, 1.807) is 0 Å². The van der Waals surface area contributed by atoms with E-state index in [9.17, 15) is 0 Å². The fraction of sp³-hybridized carbons (Fsp3) is 0.276. The Kier molecular flexibility index (Phi) is 6.11. The molecular weight excluding hydrogens is 426 g/mol. The average Bonchev–Trinajstić information content (AvgIpc) is 2.78. The lowest BCUT2D eigenvalue weighted by molar-refractivity contribution is 0.532. The molecule has 4 rings (SSSR count). The zero-order valence-corrected chi connectivity index (χ0v) is 20.9. The third-order valence-electron chi connectivity index (χ3n) is 5.59. The van der Waals surface area contributed by atoms with Crippen LogP contribution in [0.3, 0.4) is 0 Å². The maximum Gasteiger partial charge on any atom is 0.161 e. The second-order valence-corrected chi connectivity index (χ2v) is 10.8. The maximum atomic E-state index is 6.34. The lowest BCUT2D eigenvalue weighted by Gasteiger charge is -2.26. The summed E-state index contributed by atoms with van der Waals surface area (Å²) in [6.45, 7) is 13.3. The van der Waals surface area contributed by atoms with Gasteiger partial charge in [0.05, 0.1) is 11.4 Å². The minimum Gasteiger partial charge on any atom is -0.256 e. The van der Waals surface area contributed by atoms with Crippen molar-refractivity contribution >= 4 is 11.6 Å². The molecule has 0 unspecified atom stereocenters. The number of benzene rings is 2. The van der Waals surface area contributed by atoms with Crippen LogP contribution < -0.4 is 0 Å². The van der Waals surface area contributed by atoms with Crippen molar-refractivity contribution in [2.24, 2.45) is 0 Å². The first kappa shape index (κ1) is 23.1. The number of hydrogen-bond donors (Lipinski definition) is 0. The second kappa shape index (κ2) is 8.72. The van der Waals surface area contributed by atoms with Crippen LogP contribution in [-0.2, 0) is 10.8 Å². The van der Waals surface area contributed by atoms with Crippen LogP contribution in [0.5, 0.6) is 0 Å². The Morgan fingerprint density at radius 3 is 1.85 bits per heavy atom. The van der Waals surface area contributed by atoms with Crippen LogP contribution in [0.4, 0.5) is 0 Å². The first-order valence-electron chi connectivity index (χ1n) is 11.3. The number of rotatable bonds is 3. The molecule has 0 amide bonds. The number of halogens is 1. The summed E-state index contributed by atoms with van der Waals surface area (Å²) in [4.78, 5) is 14.3. The van der Waals surface area contributed by atoms with Crippen LogP contribution in [0.25, 0.3) is 33.8 Å². The van der Waals surface area contributed by atoms with Gasteiger partial charge in [0.2, 0.25) is 0 Å².